The summed E-state index contributed by atoms with van der Waals surface area (Å²) in [6, 6.07) is 0. The zero-order valence-electron chi connectivity index (χ0n) is 11.7. The quantitative estimate of drug-likeness (QED) is 0.539. The molecule has 0 aromatic carbocycles. The number of carboxylic acid groups (broad SMARTS) is 1. The van der Waals surface area contributed by atoms with Crippen molar-refractivity contribution in [2.75, 3.05) is 0 Å². The Bertz CT molecular complexity index is 356. The molecule has 0 radical (unpaired) electrons. The van der Waals surface area contributed by atoms with E-state index < -0.39 is 11.6 Å². The van der Waals surface area contributed by atoms with E-state index in [9.17, 15) is 9.90 Å². The van der Waals surface area contributed by atoms with Gasteiger partial charge in [-0.3, -0.25) is 4.79 Å². The molecule has 0 rings (SSSR count). The average Bonchev–Trinajstić information content (AvgIpc) is 2.14. The number of aliphatic hydroxyl groups is 1. The molecule has 0 spiro atoms. The Morgan fingerprint density at radius 2 is 1.89 bits per heavy atom. The van der Waals surface area contributed by atoms with Gasteiger partial charge in [0.05, 0.1) is 12.0 Å². The van der Waals surface area contributed by atoms with Crippen molar-refractivity contribution in [1.29, 1.82) is 0 Å². The van der Waals surface area contributed by atoms with E-state index >= 15 is 0 Å². The average molecular weight is 252 g/mol. The maximum absolute atomic E-state index is 10.5. The van der Waals surface area contributed by atoms with Crippen molar-refractivity contribution in [2.24, 2.45) is 0 Å². The Hall–Kier alpha value is -1.35. The van der Waals surface area contributed by atoms with Crippen molar-refractivity contribution in [3.63, 3.8) is 0 Å². The molecule has 0 saturated heterocycles. The van der Waals surface area contributed by atoms with Crippen LogP contribution >= 0.6 is 0 Å². The Labute approximate surface area is 110 Å². The molecular weight excluding hydrogens is 228 g/mol. The van der Waals surface area contributed by atoms with E-state index in [1.165, 1.54) is 24.1 Å². The van der Waals surface area contributed by atoms with Crippen molar-refractivity contribution in [3.8, 4) is 0 Å². The molecular formula is C15H24O3. The molecule has 3 heteroatoms. The summed E-state index contributed by atoms with van der Waals surface area (Å²) in [5, 5.41) is 18.4. The Morgan fingerprint density at radius 3 is 2.39 bits per heavy atom. The zero-order valence-corrected chi connectivity index (χ0v) is 11.7. The summed E-state index contributed by atoms with van der Waals surface area (Å²) in [5.41, 5.74) is 1.22. The molecule has 18 heavy (non-hydrogen) atoms. The van der Waals surface area contributed by atoms with E-state index in [1.807, 2.05) is 13.0 Å². The lowest BCUT2D eigenvalue weighted by molar-refractivity contribution is -0.140. The third kappa shape index (κ3) is 9.85. The highest BCUT2D eigenvalue weighted by Crippen LogP contribution is 2.12. The molecule has 0 amide bonds. The van der Waals surface area contributed by atoms with E-state index in [0.717, 1.165) is 12.8 Å². The summed E-state index contributed by atoms with van der Waals surface area (Å²) in [7, 11) is 0. The van der Waals surface area contributed by atoms with Crippen LogP contribution < -0.4 is 0 Å². The van der Waals surface area contributed by atoms with Crippen molar-refractivity contribution >= 4 is 5.97 Å². The van der Waals surface area contributed by atoms with E-state index in [2.05, 4.69) is 19.9 Å². The van der Waals surface area contributed by atoms with Gasteiger partial charge in [-0.25, -0.2) is 0 Å². The lowest BCUT2D eigenvalue weighted by atomic mass is 10.0. The zero-order chi connectivity index (χ0) is 14.2. The molecule has 0 aromatic rings. The fourth-order valence-electron chi connectivity index (χ4n) is 1.46. The number of hydrogen-bond donors (Lipinski definition) is 2. The molecule has 0 aliphatic heterocycles. The number of carbonyl (C=O) groups is 1. The van der Waals surface area contributed by atoms with E-state index in [4.69, 9.17) is 5.11 Å². The first-order chi connectivity index (χ1) is 8.23. The summed E-state index contributed by atoms with van der Waals surface area (Å²) < 4.78 is 0. The molecule has 0 fully saturated rings. The van der Waals surface area contributed by atoms with E-state index in [0.29, 0.717) is 0 Å². The molecule has 0 aliphatic carbocycles. The van der Waals surface area contributed by atoms with Crippen LogP contribution in [0.5, 0.6) is 0 Å². The molecule has 0 bridgehead atoms. The van der Waals surface area contributed by atoms with Gasteiger partial charge in [-0.15, -0.1) is 0 Å². The van der Waals surface area contributed by atoms with E-state index in [1.54, 1.807) is 6.08 Å². The monoisotopic (exact) mass is 252 g/mol. The highest BCUT2D eigenvalue weighted by atomic mass is 16.4. The predicted molar refractivity (Wildman–Crippen MR) is 74.4 cm³/mol. The third-order valence-corrected chi connectivity index (χ3v) is 2.44. The number of allylic oxidation sites excluding steroid dienone is 5. The van der Waals surface area contributed by atoms with Gasteiger partial charge < -0.3 is 10.2 Å². The molecule has 0 heterocycles. The maximum Gasteiger partial charge on any atom is 0.306 e. The van der Waals surface area contributed by atoms with Crippen LogP contribution in [-0.2, 0) is 4.79 Å². The second-order valence-corrected chi connectivity index (χ2v) is 5.12. The maximum atomic E-state index is 10.5. The van der Waals surface area contributed by atoms with E-state index in [-0.39, 0.29) is 6.42 Å². The smallest absolute Gasteiger partial charge is 0.306 e. The second-order valence-electron chi connectivity index (χ2n) is 5.12. The molecule has 0 aromatic heterocycles. The topological polar surface area (TPSA) is 57.5 Å². The van der Waals surface area contributed by atoms with Crippen molar-refractivity contribution in [2.45, 2.75) is 52.6 Å². The van der Waals surface area contributed by atoms with Crippen LogP contribution in [0.4, 0.5) is 0 Å². The van der Waals surface area contributed by atoms with Gasteiger partial charge in [-0.1, -0.05) is 35.5 Å². The number of hydrogen-bond acceptors (Lipinski definition) is 2. The van der Waals surface area contributed by atoms with Gasteiger partial charge >= 0.3 is 5.97 Å². The first-order valence-electron chi connectivity index (χ1n) is 6.15. The summed E-state index contributed by atoms with van der Waals surface area (Å²) in [5.74, 6) is -1.01. The van der Waals surface area contributed by atoms with Crippen molar-refractivity contribution in [1.82, 2.24) is 0 Å². The summed E-state index contributed by atoms with van der Waals surface area (Å²) >= 11 is 0. The third-order valence-electron chi connectivity index (χ3n) is 2.44. The number of aliphatic carboxylic acids is 1. The first-order valence-corrected chi connectivity index (χ1v) is 6.15. The fourth-order valence-corrected chi connectivity index (χ4v) is 1.46. The Morgan fingerprint density at radius 1 is 1.28 bits per heavy atom. The number of rotatable bonds is 7. The molecule has 1 atom stereocenters. The molecule has 3 nitrogen and oxygen atoms in total. The lowest BCUT2D eigenvalue weighted by Crippen LogP contribution is -2.24. The summed E-state index contributed by atoms with van der Waals surface area (Å²) in [4.78, 5) is 10.5. The van der Waals surface area contributed by atoms with Crippen LogP contribution in [0.15, 0.2) is 35.5 Å². The highest BCUT2D eigenvalue weighted by molar-refractivity contribution is 5.68. The summed E-state index contributed by atoms with van der Waals surface area (Å²) in [6.45, 7) is 7.66. The molecule has 2 N–H and O–H groups in total. The minimum absolute atomic E-state index is 0.284. The van der Waals surface area contributed by atoms with Crippen LogP contribution in [0.1, 0.15) is 47.0 Å². The van der Waals surface area contributed by atoms with Crippen molar-refractivity contribution < 1.29 is 15.0 Å². The Balaban J connectivity index is 4.27. The minimum atomic E-state index is -1.29. The normalized spacial score (nSPS) is 15.5. The van der Waals surface area contributed by atoms with Gasteiger partial charge in [0.2, 0.25) is 0 Å². The molecule has 102 valence electrons. The predicted octanol–water partition coefficient (Wildman–Crippen LogP) is 3.46. The van der Waals surface area contributed by atoms with Gasteiger partial charge in [0.15, 0.2) is 0 Å². The van der Waals surface area contributed by atoms with Gasteiger partial charge in [0.1, 0.15) is 0 Å². The standard InChI is InChI=1S/C15H24O3/c1-12(2)7-5-8-13(3)9-6-10-15(4,18)11-14(16)17/h6-7,9-10,18H,5,8,11H2,1-4H3,(H,16,17). The molecule has 0 aliphatic rings. The SMILES string of the molecule is CC(C)=CCCC(C)=CC=CC(C)(O)CC(=O)O. The van der Waals surface area contributed by atoms with Gasteiger partial charge in [-0.05, 0) is 40.5 Å². The van der Waals surface area contributed by atoms with Crippen LogP contribution in [0.3, 0.4) is 0 Å². The molecule has 1 unspecified atom stereocenters. The number of carboxylic acids is 1. The van der Waals surface area contributed by atoms with Gasteiger partial charge in [0.25, 0.3) is 0 Å². The first kappa shape index (κ1) is 16.6. The largest absolute Gasteiger partial charge is 0.481 e. The fraction of sp³-hybridized carbons (Fsp3) is 0.533. The van der Waals surface area contributed by atoms with Gasteiger partial charge in [-0.2, -0.15) is 0 Å². The van der Waals surface area contributed by atoms with Crippen LogP contribution in [-0.4, -0.2) is 21.8 Å². The Kier molecular flexibility index (Phi) is 7.29. The highest BCUT2D eigenvalue weighted by Gasteiger charge is 2.19. The lowest BCUT2D eigenvalue weighted by Gasteiger charge is -2.15. The van der Waals surface area contributed by atoms with Crippen LogP contribution in [0.2, 0.25) is 0 Å². The molecule has 0 saturated carbocycles. The summed E-state index contributed by atoms with van der Waals surface area (Å²) in [6.07, 6.45) is 9.03. The van der Waals surface area contributed by atoms with Crippen LogP contribution in [0, 0.1) is 0 Å². The van der Waals surface area contributed by atoms with Crippen molar-refractivity contribution in [3.05, 3.63) is 35.5 Å². The minimum Gasteiger partial charge on any atom is -0.481 e. The van der Waals surface area contributed by atoms with Gasteiger partial charge in [0, 0.05) is 0 Å². The second kappa shape index (κ2) is 7.88. The van der Waals surface area contributed by atoms with Crippen LogP contribution in [0.25, 0.3) is 0 Å².